The summed E-state index contributed by atoms with van der Waals surface area (Å²) in [5.74, 6) is 0.223. The lowest BCUT2D eigenvalue weighted by Crippen LogP contribution is -2.39. The van der Waals surface area contributed by atoms with Crippen LogP contribution in [-0.2, 0) is 16.1 Å². The van der Waals surface area contributed by atoms with Crippen molar-refractivity contribution in [1.29, 1.82) is 0 Å². The standard InChI is InChI=1S/C21H21ClN4O4S/c1-25(11-18(27)23-14-5-6-14)19(28)12-31-21-24-17-9-13(22)4-7-16(17)20(29)26(21)10-15-3-2-8-30-15/h2-4,7-9,14H,5-6,10-12H2,1H3,(H,23,27). The molecule has 162 valence electrons. The van der Waals surface area contributed by atoms with Gasteiger partial charge in [0.2, 0.25) is 11.8 Å². The summed E-state index contributed by atoms with van der Waals surface area (Å²) in [4.78, 5) is 43.5. The van der Waals surface area contributed by atoms with Gasteiger partial charge >= 0.3 is 0 Å². The maximum Gasteiger partial charge on any atom is 0.262 e. The maximum atomic E-state index is 13.1. The van der Waals surface area contributed by atoms with Crippen LogP contribution in [0.5, 0.6) is 0 Å². The van der Waals surface area contributed by atoms with Crippen LogP contribution in [0.3, 0.4) is 0 Å². The van der Waals surface area contributed by atoms with Crippen molar-refractivity contribution >= 4 is 46.1 Å². The van der Waals surface area contributed by atoms with Crippen LogP contribution in [0.15, 0.2) is 51.0 Å². The molecule has 1 N–H and O–H groups in total. The molecule has 1 aliphatic carbocycles. The van der Waals surface area contributed by atoms with Crippen molar-refractivity contribution < 1.29 is 14.0 Å². The fourth-order valence-electron chi connectivity index (χ4n) is 3.02. The maximum absolute atomic E-state index is 13.1. The minimum atomic E-state index is -0.245. The molecule has 0 radical (unpaired) electrons. The van der Waals surface area contributed by atoms with Crippen LogP contribution in [0, 0.1) is 0 Å². The van der Waals surface area contributed by atoms with Crippen molar-refractivity contribution in [3.8, 4) is 0 Å². The molecular formula is C21H21ClN4O4S. The van der Waals surface area contributed by atoms with Crippen molar-refractivity contribution in [3.05, 3.63) is 57.7 Å². The van der Waals surface area contributed by atoms with Gasteiger partial charge in [-0.2, -0.15) is 0 Å². The van der Waals surface area contributed by atoms with Gasteiger partial charge in [-0.15, -0.1) is 0 Å². The third-order valence-electron chi connectivity index (χ3n) is 4.85. The quantitative estimate of drug-likeness (QED) is 0.410. The highest BCUT2D eigenvalue weighted by atomic mass is 35.5. The molecule has 2 heterocycles. The van der Waals surface area contributed by atoms with E-state index in [0.717, 1.165) is 24.6 Å². The SMILES string of the molecule is CN(CC(=O)NC1CC1)C(=O)CSc1nc2cc(Cl)ccc2c(=O)n1Cc1ccco1. The van der Waals surface area contributed by atoms with E-state index in [2.05, 4.69) is 10.3 Å². The Bertz CT molecular complexity index is 1170. The Morgan fingerprint density at radius 3 is 2.87 bits per heavy atom. The molecule has 0 bridgehead atoms. The van der Waals surface area contributed by atoms with Crippen molar-refractivity contribution in [1.82, 2.24) is 19.8 Å². The molecule has 1 fully saturated rings. The Morgan fingerprint density at radius 1 is 1.35 bits per heavy atom. The lowest BCUT2D eigenvalue weighted by molar-refractivity contribution is -0.132. The Balaban J connectivity index is 1.54. The number of nitrogens with zero attached hydrogens (tertiary/aromatic N) is 3. The monoisotopic (exact) mass is 460 g/mol. The molecule has 2 amide bonds. The van der Waals surface area contributed by atoms with Gasteiger partial charge in [0.05, 0.1) is 36.0 Å². The number of halogens is 1. The van der Waals surface area contributed by atoms with Crippen molar-refractivity contribution in [2.75, 3.05) is 19.3 Å². The normalized spacial score (nSPS) is 13.4. The molecule has 8 nitrogen and oxygen atoms in total. The molecule has 1 aliphatic rings. The van der Waals surface area contributed by atoms with Gasteiger partial charge in [0, 0.05) is 18.1 Å². The molecule has 3 aromatic rings. The third kappa shape index (κ3) is 5.29. The number of amides is 2. The van der Waals surface area contributed by atoms with E-state index in [4.69, 9.17) is 16.0 Å². The number of hydrogen-bond acceptors (Lipinski definition) is 6. The highest BCUT2D eigenvalue weighted by Crippen LogP contribution is 2.22. The van der Waals surface area contributed by atoms with Crippen LogP contribution < -0.4 is 10.9 Å². The lowest BCUT2D eigenvalue weighted by Gasteiger charge is -2.17. The van der Waals surface area contributed by atoms with Crippen molar-refractivity contribution in [2.45, 2.75) is 30.6 Å². The number of carbonyl (C=O) groups excluding carboxylic acids is 2. The summed E-state index contributed by atoms with van der Waals surface area (Å²) < 4.78 is 6.86. The second-order valence-corrected chi connectivity index (χ2v) is 8.79. The Labute approximate surface area is 187 Å². The summed E-state index contributed by atoms with van der Waals surface area (Å²) in [7, 11) is 1.58. The number of rotatable bonds is 8. The average Bonchev–Trinajstić information content (AvgIpc) is 3.39. The highest BCUT2D eigenvalue weighted by molar-refractivity contribution is 7.99. The van der Waals surface area contributed by atoms with Gasteiger partial charge < -0.3 is 14.6 Å². The number of benzene rings is 1. The Morgan fingerprint density at radius 2 is 2.16 bits per heavy atom. The number of furan rings is 1. The van der Waals surface area contributed by atoms with Crippen LogP contribution in [0.2, 0.25) is 5.02 Å². The zero-order chi connectivity index (χ0) is 22.0. The number of aromatic nitrogens is 2. The smallest absolute Gasteiger partial charge is 0.262 e. The molecule has 1 saturated carbocycles. The van der Waals surface area contributed by atoms with E-state index in [1.165, 1.54) is 15.7 Å². The second-order valence-electron chi connectivity index (χ2n) is 7.41. The first kappa shape index (κ1) is 21.5. The van der Waals surface area contributed by atoms with Gasteiger partial charge in [-0.3, -0.25) is 19.0 Å². The van der Waals surface area contributed by atoms with Crippen molar-refractivity contribution in [2.24, 2.45) is 0 Å². The van der Waals surface area contributed by atoms with E-state index in [-0.39, 0.29) is 42.3 Å². The van der Waals surface area contributed by atoms with Crippen LogP contribution in [-0.4, -0.2) is 51.7 Å². The van der Waals surface area contributed by atoms with E-state index in [1.54, 1.807) is 37.4 Å². The lowest BCUT2D eigenvalue weighted by atomic mass is 10.2. The summed E-state index contributed by atoms with van der Waals surface area (Å²) in [5, 5.41) is 4.14. The summed E-state index contributed by atoms with van der Waals surface area (Å²) in [6.07, 6.45) is 3.51. The topological polar surface area (TPSA) is 97.4 Å². The number of carbonyl (C=O) groups is 2. The number of nitrogens with one attached hydrogen (secondary N) is 1. The predicted molar refractivity (Wildman–Crippen MR) is 118 cm³/mol. The van der Waals surface area contributed by atoms with Gasteiger partial charge in [-0.25, -0.2) is 4.98 Å². The van der Waals surface area contributed by atoms with E-state index in [0.29, 0.717) is 26.8 Å². The number of likely N-dealkylation sites (N-methyl/N-ethyl adjacent to an activating group) is 1. The summed E-state index contributed by atoms with van der Waals surface area (Å²) >= 11 is 7.20. The zero-order valence-electron chi connectivity index (χ0n) is 16.8. The molecule has 0 atom stereocenters. The van der Waals surface area contributed by atoms with Gasteiger partial charge in [0.25, 0.3) is 5.56 Å². The molecule has 1 aromatic carbocycles. The summed E-state index contributed by atoms with van der Waals surface area (Å²) in [6.45, 7) is 0.184. The van der Waals surface area contributed by atoms with Crippen molar-refractivity contribution in [3.63, 3.8) is 0 Å². The Hall–Kier alpha value is -2.78. The molecule has 4 rings (SSSR count). The molecule has 0 saturated heterocycles. The second kappa shape index (κ2) is 9.15. The van der Waals surface area contributed by atoms with E-state index in [1.807, 2.05) is 0 Å². The molecule has 0 spiro atoms. The molecule has 10 heteroatoms. The van der Waals surface area contributed by atoms with Gasteiger partial charge in [-0.1, -0.05) is 23.4 Å². The fourth-order valence-corrected chi connectivity index (χ4v) is 4.13. The first-order chi connectivity index (χ1) is 14.9. The zero-order valence-corrected chi connectivity index (χ0v) is 18.4. The van der Waals surface area contributed by atoms with E-state index < -0.39 is 0 Å². The predicted octanol–water partition coefficient (Wildman–Crippen LogP) is 2.52. The molecule has 0 unspecified atom stereocenters. The highest BCUT2D eigenvalue weighted by Gasteiger charge is 2.24. The van der Waals surface area contributed by atoms with Crippen LogP contribution in [0.25, 0.3) is 10.9 Å². The van der Waals surface area contributed by atoms with E-state index >= 15 is 0 Å². The van der Waals surface area contributed by atoms with Gasteiger partial charge in [-0.05, 0) is 43.2 Å². The van der Waals surface area contributed by atoms with Gasteiger partial charge in [0.15, 0.2) is 5.16 Å². The molecule has 0 aliphatic heterocycles. The Kier molecular flexibility index (Phi) is 6.33. The third-order valence-corrected chi connectivity index (χ3v) is 6.05. The molecule has 31 heavy (non-hydrogen) atoms. The number of thioether (sulfide) groups is 1. The van der Waals surface area contributed by atoms with Crippen LogP contribution >= 0.6 is 23.4 Å². The minimum Gasteiger partial charge on any atom is -0.467 e. The summed E-state index contributed by atoms with van der Waals surface area (Å²) in [5.41, 5.74) is 0.213. The minimum absolute atomic E-state index is 0.00412. The first-order valence-electron chi connectivity index (χ1n) is 9.79. The summed E-state index contributed by atoms with van der Waals surface area (Å²) in [6, 6.07) is 8.65. The first-order valence-corrected chi connectivity index (χ1v) is 11.2. The van der Waals surface area contributed by atoms with E-state index in [9.17, 15) is 14.4 Å². The molecule has 2 aromatic heterocycles. The largest absolute Gasteiger partial charge is 0.467 e. The number of hydrogen-bond donors (Lipinski definition) is 1. The number of fused-ring (bicyclic) bond motifs is 1. The van der Waals surface area contributed by atoms with Crippen LogP contribution in [0.4, 0.5) is 0 Å². The average molecular weight is 461 g/mol. The molecular weight excluding hydrogens is 440 g/mol. The van der Waals surface area contributed by atoms with Gasteiger partial charge in [0.1, 0.15) is 5.76 Å². The fraction of sp³-hybridized carbons (Fsp3) is 0.333. The van der Waals surface area contributed by atoms with Crippen LogP contribution in [0.1, 0.15) is 18.6 Å².